The van der Waals surface area contributed by atoms with Crippen LogP contribution >= 0.6 is 12.4 Å². The quantitative estimate of drug-likeness (QED) is 0.851. The summed E-state index contributed by atoms with van der Waals surface area (Å²) in [7, 11) is 0. The highest BCUT2D eigenvalue weighted by Crippen LogP contribution is 2.22. The van der Waals surface area contributed by atoms with Crippen LogP contribution in [0.3, 0.4) is 0 Å². The van der Waals surface area contributed by atoms with Gasteiger partial charge in [0.25, 0.3) is 0 Å². The van der Waals surface area contributed by atoms with Crippen molar-refractivity contribution < 1.29 is 0 Å². The predicted octanol–water partition coefficient (Wildman–Crippen LogP) is 1.83. The molecule has 1 unspecified atom stereocenters. The number of hydrogen-bond acceptors (Lipinski definition) is 3. The second-order valence-corrected chi connectivity index (χ2v) is 6.62. The first-order valence-corrected chi connectivity index (χ1v) is 8.05. The number of nitrogens with zero attached hydrogens (tertiary/aromatic N) is 2. The molecule has 0 aromatic heterocycles. The molecule has 3 fully saturated rings. The molecule has 4 heteroatoms. The smallest absolute Gasteiger partial charge is 0.00225 e. The third kappa shape index (κ3) is 4.59. The second-order valence-electron chi connectivity index (χ2n) is 6.62. The molecule has 3 heterocycles. The summed E-state index contributed by atoms with van der Waals surface area (Å²) in [5.74, 6) is 1.93. The summed E-state index contributed by atoms with van der Waals surface area (Å²) in [6, 6.07) is 0. The Bertz CT molecular complexity index is 250. The molecule has 3 saturated heterocycles. The van der Waals surface area contributed by atoms with E-state index in [1.807, 2.05) is 0 Å². The summed E-state index contributed by atoms with van der Waals surface area (Å²) in [6.45, 7) is 10.7. The molecule has 0 aromatic carbocycles. The van der Waals surface area contributed by atoms with Crippen molar-refractivity contribution in [2.24, 2.45) is 11.8 Å². The maximum absolute atomic E-state index is 3.47. The van der Waals surface area contributed by atoms with Crippen molar-refractivity contribution in [2.45, 2.75) is 32.1 Å². The van der Waals surface area contributed by atoms with Crippen LogP contribution in [-0.2, 0) is 0 Å². The fourth-order valence-electron chi connectivity index (χ4n) is 3.99. The lowest BCUT2D eigenvalue weighted by Gasteiger charge is -2.27. The predicted molar refractivity (Wildman–Crippen MR) is 83.1 cm³/mol. The zero-order valence-electron chi connectivity index (χ0n) is 12.1. The Kier molecular flexibility index (Phi) is 6.40. The Hall–Kier alpha value is 0.170. The van der Waals surface area contributed by atoms with Gasteiger partial charge in [-0.1, -0.05) is 0 Å². The van der Waals surface area contributed by atoms with E-state index in [-0.39, 0.29) is 12.4 Å². The first kappa shape index (κ1) is 15.6. The van der Waals surface area contributed by atoms with Crippen molar-refractivity contribution in [1.82, 2.24) is 15.1 Å². The van der Waals surface area contributed by atoms with Crippen LogP contribution in [0.25, 0.3) is 0 Å². The maximum Gasteiger partial charge on any atom is 0.00225 e. The van der Waals surface area contributed by atoms with Crippen LogP contribution in [0.4, 0.5) is 0 Å². The van der Waals surface area contributed by atoms with E-state index in [0.717, 1.165) is 11.8 Å². The van der Waals surface area contributed by atoms with E-state index >= 15 is 0 Å². The van der Waals surface area contributed by atoms with Gasteiger partial charge < -0.3 is 15.1 Å². The molecule has 3 nitrogen and oxygen atoms in total. The summed E-state index contributed by atoms with van der Waals surface area (Å²) >= 11 is 0. The molecular formula is C15H30ClN3. The molecule has 1 atom stereocenters. The summed E-state index contributed by atoms with van der Waals surface area (Å²) in [4.78, 5) is 5.44. The van der Waals surface area contributed by atoms with E-state index in [0.29, 0.717) is 0 Å². The molecule has 3 rings (SSSR count). The molecular weight excluding hydrogens is 258 g/mol. The monoisotopic (exact) mass is 287 g/mol. The van der Waals surface area contributed by atoms with E-state index in [2.05, 4.69) is 15.1 Å². The topological polar surface area (TPSA) is 18.5 Å². The lowest BCUT2D eigenvalue weighted by atomic mass is 9.98. The highest BCUT2D eigenvalue weighted by atomic mass is 35.5. The number of likely N-dealkylation sites (tertiary alicyclic amines) is 2. The third-order valence-electron chi connectivity index (χ3n) is 5.06. The normalized spacial score (nSPS) is 30.6. The van der Waals surface area contributed by atoms with Crippen LogP contribution < -0.4 is 5.32 Å². The molecule has 0 aliphatic carbocycles. The van der Waals surface area contributed by atoms with Crippen molar-refractivity contribution >= 4 is 12.4 Å². The van der Waals surface area contributed by atoms with E-state index < -0.39 is 0 Å². The van der Waals surface area contributed by atoms with Gasteiger partial charge in [-0.05, 0) is 76.7 Å². The zero-order valence-corrected chi connectivity index (χ0v) is 13.0. The third-order valence-corrected chi connectivity index (χ3v) is 5.06. The number of piperidine rings is 1. The van der Waals surface area contributed by atoms with E-state index in [4.69, 9.17) is 0 Å². The average molecular weight is 288 g/mol. The Balaban J connectivity index is 0.00000133. The van der Waals surface area contributed by atoms with Gasteiger partial charge in [-0.25, -0.2) is 0 Å². The van der Waals surface area contributed by atoms with Crippen LogP contribution in [0.5, 0.6) is 0 Å². The summed E-state index contributed by atoms with van der Waals surface area (Å²) < 4.78 is 0. The number of halogens is 1. The van der Waals surface area contributed by atoms with Crippen LogP contribution in [0.15, 0.2) is 0 Å². The standard InChI is InChI=1S/C15H29N3.ClH/c1-2-9-17(8-1)12-15-5-10-18(13-15)11-14-3-6-16-7-4-14;/h14-16H,1-13H2;1H. The van der Waals surface area contributed by atoms with Gasteiger partial charge in [0.1, 0.15) is 0 Å². The minimum atomic E-state index is 0. The first-order chi connectivity index (χ1) is 8.90. The Labute approximate surface area is 124 Å². The molecule has 0 spiro atoms. The Morgan fingerprint density at radius 3 is 2.21 bits per heavy atom. The van der Waals surface area contributed by atoms with Crippen LogP contribution in [0.1, 0.15) is 32.1 Å². The van der Waals surface area contributed by atoms with Gasteiger partial charge in [-0.2, -0.15) is 0 Å². The summed E-state index contributed by atoms with van der Waals surface area (Å²) in [5, 5.41) is 3.47. The van der Waals surface area contributed by atoms with Crippen molar-refractivity contribution in [3.8, 4) is 0 Å². The van der Waals surface area contributed by atoms with E-state index in [1.54, 1.807) is 0 Å². The molecule has 0 radical (unpaired) electrons. The lowest BCUT2D eigenvalue weighted by molar-refractivity contribution is 0.222. The van der Waals surface area contributed by atoms with Crippen LogP contribution in [0, 0.1) is 11.8 Å². The molecule has 0 aromatic rings. The van der Waals surface area contributed by atoms with Crippen LogP contribution in [0.2, 0.25) is 0 Å². The fourth-order valence-corrected chi connectivity index (χ4v) is 3.99. The minimum absolute atomic E-state index is 0. The van der Waals surface area contributed by atoms with Gasteiger partial charge in [0, 0.05) is 19.6 Å². The minimum Gasteiger partial charge on any atom is -0.317 e. The fraction of sp³-hybridized carbons (Fsp3) is 1.00. The highest BCUT2D eigenvalue weighted by molar-refractivity contribution is 5.85. The largest absolute Gasteiger partial charge is 0.317 e. The Morgan fingerprint density at radius 2 is 1.47 bits per heavy atom. The van der Waals surface area contributed by atoms with Gasteiger partial charge >= 0.3 is 0 Å². The van der Waals surface area contributed by atoms with Crippen molar-refractivity contribution in [3.63, 3.8) is 0 Å². The second kappa shape index (κ2) is 7.82. The van der Waals surface area contributed by atoms with E-state index in [9.17, 15) is 0 Å². The molecule has 19 heavy (non-hydrogen) atoms. The molecule has 3 aliphatic heterocycles. The molecule has 0 amide bonds. The maximum atomic E-state index is 3.47. The summed E-state index contributed by atoms with van der Waals surface area (Å²) in [6.07, 6.45) is 7.11. The molecule has 0 saturated carbocycles. The van der Waals surface area contributed by atoms with Crippen LogP contribution in [-0.4, -0.2) is 62.2 Å². The SMILES string of the molecule is C1CCN(CC2CCN(CC3CCNCC3)C2)C1.Cl. The number of rotatable bonds is 4. The number of nitrogens with one attached hydrogen (secondary N) is 1. The molecule has 3 aliphatic rings. The molecule has 0 bridgehead atoms. The molecule has 1 N–H and O–H groups in total. The molecule has 112 valence electrons. The van der Waals surface area contributed by atoms with Gasteiger partial charge in [0.15, 0.2) is 0 Å². The van der Waals surface area contributed by atoms with Gasteiger partial charge in [0.2, 0.25) is 0 Å². The summed E-state index contributed by atoms with van der Waals surface area (Å²) in [5.41, 5.74) is 0. The van der Waals surface area contributed by atoms with Gasteiger partial charge in [-0.3, -0.25) is 0 Å². The number of hydrogen-bond donors (Lipinski definition) is 1. The average Bonchev–Trinajstić information content (AvgIpc) is 3.03. The van der Waals surface area contributed by atoms with Crippen molar-refractivity contribution in [3.05, 3.63) is 0 Å². The lowest BCUT2D eigenvalue weighted by Crippen LogP contribution is -2.36. The van der Waals surface area contributed by atoms with Gasteiger partial charge in [-0.15, -0.1) is 12.4 Å². The highest BCUT2D eigenvalue weighted by Gasteiger charge is 2.27. The van der Waals surface area contributed by atoms with Crippen molar-refractivity contribution in [1.29, 1.82) is 0 Å². The Morgan fingerprint density at radius 1 is 0.789 bits per heavy atom. The van der Waals surface area contributed by atoms with Gasteiger partial charge in [0.05, 0.1) is 0 Å². The van der Waals surface area contributed by atoms with Crippen molar-refractivity contribution in [2.75, 3.05) is 52.4 Å². The zero-order chi connectivity index (χ0) is 12.2. The first-order valence-electron chi connectivity index (χ1n) is 8.05. The van der Waals surface area contributed by atoms with E-state index in [1.165, 1.54) is 84.5 Å².